The van der Waals surface area contributed by atoms with Crippen molar-refractivity contribution in [2.75, 3.05) is 0 Å². The lowest BCUT2D eigenvalue weighted by Crippen LogP contribution is -2.01. The SMILES string of the molecule is N=C/C(=C\N)[N+](=O)[O-]. The van der Waals surface area contributed by atoms with E-state index in [0.717, 1.165) is 6.20 Å². The molecule has 8 heavy (non-hydrogen) atoms. The Labute approximate surface area is 45.5 Å². The predicted molar refractivity (Wildman–Crippen MR) is 28.0 cm³/mol. The third kappa shape index (κ3) is 1.38. The maximum absolute atomic E-state index is 9.67. The number of hydrogen-bond donors (Lipinski definition) is 2. The van der Waals surface area contributed by atoms with Crippen molar-refractivity contribution in [3.8, 4) is 0 Å². The largest absolute Gasteiger partial charge is 0.399 e. The molecular weight excluding hydrogens is 110 g/mol. The van der Waals surface area contributed by atoms with Crippen LogP contribution < -0.4 is 5.73 Å². The van der Waals surface area contributed by atoms with Gasteiger partial charge in [-0.3, -0.25) is 10.1 Å². The van der Waals surface area contributed by atoms with Crippen molar-refractivity contribution < 1.29 is 4.92 Å². The van der Waals surface area contributed by atoms with Gasteiger partial charge in [0.25, 0.3) is 0 Å². The van der Waals surface area contributed by atoms with Crippen LogP contribution >= 0.6 is 0 Å². The van der Waals surface area contributed by atoms with E-state index in [4.69, 9.17) is 11.1 Å². The lowest BCUT2D eigenvalue weighted by Gasteiger charge is -1.82. The number of nitrogens with one attached hydrogen (secondary N) is 1. The van der Waals surface area contributed by atoms with Gasteiger partial charge in [-0.2, -0.15) is 0 Å². The molecule has 0 spiro atoms. The van der Waals surface area contributed by atoms with Gasteiger partial charge in [-0.05, 0) is 0 Å². The van der Waals surface area contributed by atoms with Gasteiger partial charge < -0.3 is 11.1 Å². The molecule has 0 saturated carbocycles. The topological polar surface area (TPSA) is 93.0 Å². The molecule has 0 rings (SSSR count). The molecule has 0 aromatic rings. The van der Waals surface area contributed by atoms with Gasteiger partial charge in [-0.25, -0.2) is 0 Å². The molecule has 5 nitrogen and oxygen atoms in total. The van der Waals surface area contributed by atoms with E-state index >= 15 is 0 Å². The van der Waals surface area contributed by atoms with Gasteiger partial charge in [0, 0.05) is 0 Å². The Balaban J connectivity index is 4.13. The van der Waals surface area contributed by atoms with Crippen LogP contribution in [0.5, 0.6) is 0 Å². The standard InChI is InChI=1S/C3H5N3O2/c4-1-3(2-5)6(7)8/h1-2,4H,5H2/b3-2+,4-1?. The fourth-order valence-electron chi connectivity index (χ4n) is 0.162. The molecule has 3 N–H and O–H groups in total. The number of allylic oxidation sites excluding steroid dienone is 1. The lowest BCUT2D eigenvalue weighted by molar-refractivity contribution is -0.414. The Bertz CT molecular complexity index is 139. The second-order valence-corrected chi connectivity index (χ2v) is 0.993. The zero-order valence-corrected chi connectivity index (χ0v) is 4.00. The highest BCUT2D eigenvalue weighted by Gasteiger charge is 2.01. The van der Waals surface area contributed by atoms with Crippen molar-refractivity contribution in [3.05, 3.63) is 22.0 Å². The van der Waals surface area contributed by atoms with Gasteiger partial charge in [0.2, 0.25) is 0 Å². The van der Waals surface area contributed by atoms with E-state index in [-0.39, 0.29) is 0 Å². The van der Waals surface area contributed by atoms with E-state index in [2.05, 4.69) is 0 Å². The smallest absolute Gasteiger partial charge is 0.302 e. The zero-order chi connectivity index (χ0) is 6.57. The second kappa shape index (κ2) is 2.73. The van der Waals surface area contributed by atoms with Crippen LogP contribution in [0.25, 0.3) is 0 Å². The molecule has 5 heteroatoms. The molecule has 0 radical (unpaired) electrons. The Morgan fingerprint density at radius 1 is 1.88 bits per heavy atom. The average Bonchev–Trinajstić information content (AvgIpc) is 1.69. The molecule has 0 heterocycles. The first kappa shape index (κ1) is 6.61. The van der Waals surface area contributed by atoms with Crippen LogP contribution in [0.15, 0.2) is 11.9 Å². The van der Waals surface area contributed by atoms with E-state index in [1.807, 2.05) is 0 Å². The quantitative estimate of drug-likeness (QED) is 0.294. The van der Waals surface area contributed by atoms with Crippen LogP contribution in [0.1, 0.15) is 0 Å². The van der Waals surface area contributed by atoms with Gasteiger partial charge >= 0.3 is 5.70 Å². The first-order valence-electron chi connectivity index (χ1n) is 1.79. The third-order valence-electron chi connectivity index (χ3n) is 0.529. The average molecular weight is 115 g/mol. The summed E-state index contributed by atoms with van der Waals surface area (Å²) in [7, 11) is 0. The van der Waals surface area contributed by atoms with Gasteiger partial charge in [0.05, 0.1) is 17.3 Å². The Kier molecular flexibility index (Phi) is 2.25. The van der Waals surface area contributed by atoms with Crippen molar-refractivity contribution in [2.45, 2.75) is 0 Å². The summed E-state index contributed by atoms with van der Waals surface area (Å²) in [6.07, 6.45) is 1.35. The van der Waals surface area contributed by atoms with Crippen molar-refractivity contribution in [3.63, 3.8) is 0 Å². The minimum absolute atomic E-state index is 0.398. The molecule has 0 amide bonds. The maximum Gasteiger partial charge on any atom is 0.302 e. The highest BCUT2D eigenvalue weighted by molar-refractivity contribution is 5.71. The molecule has 0 saturated heterocycles. The Hall–Kier alpha value is -1.39. The second-order valence-electron chi connectivity index (χ2n) is 0.993. The van der Waals surface area contributed by atoms with Crippen LogP contribution in [0.2, 0.25) is 0 Å². The van der Waals surface area contributed by atoms with Crippen molar-refractivity contribution in [2.24, 2.45) is 5.73 Å². The fourth-order valence-corrected chi connectivity index (χ4v) is 0.162. The van der Waals surface area contributed by atoms with E-state index in [1.165, 1.54) is 0 Å². The highest BCUT2D eigenvalue weighted by atomic mass is 16.6. The molecule has 0 atom stereocenters. The van der Waals surface area contributed by atoms with Gasteiger partial charge in [0.1, 0.15) is 0 Å². The first-order valence-corrected chi connectivity index (χ1v) is 1.79. The van der Waals surface area contributed by atoms with Crippen LogP contribution in [-0.4, -0.2) is 11.1 Å². The summed E-state index contributed by atoms with van der Waals surface area (Å²) in [6, 6.07) is 0. The van der Waals surface area contributed by atoms with Crippen molar-refractivity contribution in [1.29, 1.82) is 5.41 Å². The highest BCUT2D eigenvalue weighted by Crippen LogP contribution is 1.83. The lowest BCUT2D eigenvalue weighted by atomic mass is 10.5. The summed E-state index contributed by atoms with van der Waals surface area (Å²) in [5, 5.41) is 16.0. The number of nitrogens with two attached hydrogens (primary N) is 1. The molecule has 44 valence electrons. The van der Waals surface area contributed by atoms with Gasteiger partial charge in [0.15, 0.2) is 0 Å². The van der Waals surface area contributed by atoms with Crippen LogP contribution in [-0.2, 0) is 0 Å². The van der Waals surface area contributed by atoms with Crippen LogP contribution in [0.3, 0.4) is 0 Å². The summed E-state index contributed by atoms with van der Waals surface area (Å²) < 4.78 is 0. The van der Waals surface area contributed by atoms with E-state index < -0.39 is 10.6 Å². The van der Waals surface area contributed by atoms with E-state index in [9.17, 15) is 10.1 Å². The molecule has 0 aliphatic carbocycles. The van der Waals surface area contributed by atoms with Crippen LogP contribution in [0, 0.1) is 15.5 Å². The molecule has 0 bridgehead atoms. The van der Waals surface area contributed by atoms with Gasteiger partial charge in [-0.15, -0.1) is 0 Å². The normalized spacial score (nSPS) is 10.8. The molecule has 0 fully saturated rings. The molecule has 0 unspecified atom stereocenters. The minimum atomic E-state index is -0.729. The predicted octanol–water partition coefficient (Wildman–Crippen LogP) is -0.287. The number of hydrogen-bond acceptors (Lipinski definition) is 4. The van der Waals surface area contributed by atoms with E-state index in [0.29, 0.717) is 6.21 Å². The first-order chi connectivity index (χ1) is 3.72. The number of nitrogens with zero attached hydrogens (tertiary/aromatic N) is 1. The third-order valence-corrected chi connectivity index (χ3v) is 0.529. The van der Waals surface area contributed by atoms with E-state index in [1.54, 1.807) is 0 Å². The fraction of sp³-hybridized carbons (Fsp3) is 0. The summed E-state index contributed by atoms with van der Waals surface area (Å²) in [4.78, 5) is 8.94. The Morgan fingerprint density at radius 2 is 2.38 bits per heavy atom. The van der Waals surface area contributed by atoms with Crippen molar-refractivity contribution in [1.82, 2.24) is 0 Å². The Morgan fingerprint density at radius 3 is 2.38 bits per heavy atom. The minimum Gasteiger partial charge on any atom is -0.399 e. The molecular formula is C3H5N3O2. The maximum atomic E-state index is 9.67. The van der Waals surface area contributed by atoms with Crippen LogP contribution in [0.4, 0.5) is 0 Å². The van der Waals surface area contributed by atoms with Crippen molar-refractivity contribution >= 4 is 6.21 Å². The molecule has 0 aliphatic heterocycles. The summed E-state index contributed by atoms with van der Waals surface area (Å²) in [5.74, 6) is 0. The monoisotopic (exact) mass is 115 g/mol. The number of nitro groups is 1. The molecule has 0 aliphatic rings. The molecule has 0 aromatic heterocycles. The summed E-state index contributed by atoms with van der Waals surface area (Å²) >= 11 is 0. The number of rotatable bonds is 2. The zero-order valence-electron chi connectivity index (χ0n) is 4.00. The van der Waals surface area contributed by atoms with Gasteiger partial charge in [-0.1, -0.05) is 0 Å². The summed E-state index contributed by atoms with van der Waals surface area (Å²) in [5.41, 5.74) is 4.33. The molecule has 0 aromatic carbocycles. The summed E-state index contributed by atoms with van der Waals surface area (Å²) in [6.45, 7) is 0.